The van der Waals surface area contributed by atoms with Crippen LogP contribution >= 0.6 is 0 Å². The van der Waals surface area contributed by atoms with Gasteiger partial charge in [-0.25, -0.2) is 17.2 Å². The maximum Gasteiger partial charge on any atom is 0.322 e. The summed E-state index contributed by atoms with van der Waals surface area (Å²) in [6.07, 6.45) is 4.43. The Kier molecular flexibility index (Phi) is 4.58. The maximum atomic E-state index is 13.3. The molecule has 0 spiro atoms. The minimum Gasteiger partial charge on any atom is -0.480 e. The van der Waals surface area contributed by atoms with E-state index >= 15 is 0 Å². The van der Waals surface area contributed by atoms with Crippen LogP contribution < -0.4 is 4.72 Å². The summed E-state index contributed by atoms with van der Waals surface area (Å²) < 4.78 is 51.8. The minimum atomic E-state index is -4.66. The van der Waals surface area contributed by atoms with Gasteiger partial charge in [-0.3, -0.25) is 4.79 Å². The molecule has 102 valence electrons. The smallest absolute Gasteiger partial charge is 0.322 e. The fraction of sp³-hybridized carbons (Fsp3) is 0.182. The number of nitrogens with one attached hydrogen (secondary N) is 1. The molecule has 0 radical (unpaired) electrons. The summed E-state index contributed by atoms with van der Waals surface area (Å²) in [7, 11) is -4.66. The molecule has 2 N–H and O–H groups in total. The molecule has 0 aromatic heterocycles. The van der Waals surface area contributed by atoms with Gasteiger partial charge in [-0.15, -0.1) is 12.3 Å². The molecule has 0 bridgehead atoms. The number of aliphatic carboxylic acids is 1. The van der Waals surface area contributed by atoms with Gasteiger partial charge in [0.2, 0.25) is 10.0 Å². The topological polar surface area (TPSA) is 83.5 Å². The predicted molar refractivity (Wildman–Crippen MR) is 61.6 cm³/mol. The Morgan fingerprint density at radius 1 is 1.42 bits per heavy atom. The second kappa shape index (κ2) is 5.77. The van der Waals surface area contributed by atoms with Crippen LogP contribution in [0.4, 0.5) is 8.78 Å². The van der Waals surface area contributed by atoms with E-state index in [0.717, 1.165) is 18.2 Å². The van der Waals surface area contributed by atoms with Crippen LogP contribution in [0.5, 0.6) is 0 Å². The molecule has 0 fully saturated rings. The normalized spacial score (nSPS) is 12.7. The zero-order valence-corrected chi connectivity index (χ0v) is 10.2. The lowest BCUT2D eigenvalue weighted by molar-refractivity contribution is -0.138. The van der Waals surface area contributed by atoms with Gasteiger partial charge >= 0.3 is 5.97 Å². The Bertz CT molecular complexity index is 616. The summed E-state index contributed by atoms with van der Waals surface area (Å²) in [6.45, 7) is 0. The van der Waals surface area contributed by atoms with Crippen LogP contribution in [-0.2, 0) is 14.8 Å². The highest BCUT2D eigenvalue weighted by Crippen LogP contribution is 2.18. The van der Waals surface area contributed by atoms with Crippen LogP contribution in [0.1, 0.15) is 6.42 Å². The first-order chi connectivity index (χ1) is 8.79. The van der Waals surface area contributed by atoms with Gasteiger partial charge in [-0.1, -0.05) is 6.07 Å². The van der Waals surface area contributed by atoms with E-state index in [4.69, 9.17) is 11.5 Å². The standard InChI is InChI=1S/C11H9F2NO4S/c1-2-4-9(11(15)16)14-19(17,18)10-7(12)5-3-6-8(10)13/h1,3,5-6,9,14H,4H2,(H,15,16). The molecule has 8 heteroatoms. The Labute approximate surface area is 108 Å². The van der Waals surface area contributed by atoms with Gasteiger partial charge in [-0.05, 0) is 12.1 Å². The van der Waals surface area contributed by atoms with Gasteiger partial charge in [0, 0.05) is 6.42 Å². The fourth-order valence-electron chi connectivity index (χ4n) is 1.28. The van der Waals surface area contributed by atoms with Crippen LogP contribution in [0.15, 0.2) is 23.1 Å². The molecular weight excluding hydrogens is 280 g/mol. The Balaban J connectivity index is 3.19. The van der Waals surface area contributed by atoms with Gasteiger partial charge < -0.3 is 5.11 Å². The first-order valence-electron chi connectivity index (χ1n) is 4.92. The van der Waals surface area contributed by atoms with E-state index < -0.39 is 45.0 Å². The van der Waals surface area contributed by atoms with Crippen molar-refractivity contribution in [3.63, 3.8) is 0 Å². The average Bonchev–Trinajstić information content (AvgIpc) is 2.27. The predicted octanol–water partition coefficient (Wildman–Crippen LogP) is 0.720. The molecule has 1 aromatic rings. The number of carboxylic acids is 1. The van der Waals surface area contributed by atoms with E-state index in [9.17, 15) is 22.0 Å². The number of hydrogen-bond donors (Lipinski definition) is 2. The SMILES string of the molecule is C#CCC(NS(=O)(=O)c1c(F)cccc1F)C(=O)O. The van der Waals surface area contributed by atoms with Gasteiger partial charge in [0.15, 0.2) is 4.90 Å². The molecule has 1 rings (SSSR count). The maximum absolute atomic E-state index is 13.3. The third kappa shape index (κ3) is 3.49. The Morgan fingerprint density at radius 2 is 1.95 bits per heavy atom. The van der Waals surface area contributed by atoms with Crippen LogP contribution in [0, 0.1) is 24.0 Å². The van der Waals surface area contributed by atoms with Crippen molar-refractivity contribution >= 4 is 16.0 Å². The third-order valence-corrected chi connectivity index (χ3v) is 3.63. The van der Waals surface area contributed by atoms with E-state index in [1.165, 1.54) is 0 Å². The number of hydrogen-bond acceptors (Lipinski definition) is 3. The second-order valence-electron chi connectivity index (χ2n) is 3.47. The van der Waals surface area contributed by atoms with Crippen molar-refractivity contribution in [2.24, 2.45) is 0 Å². The van der Waals surface area contributed by atoms with Crippen LogP contribution in [0.2, 0.25) is 0 Å². The van der Waals surface area contributed by atoms with Gasteiger partial charge in [0.1, 0.15) is 17.7 Å². The van der Waals surface area contributed by atoms with E-state index in [1.54, 1.807) is 4.72 Å². The lowest BCUT2D eigenvalue weighted by Gasteiger charge is -2.13. The van der Waals surface area contributed by atoms with Gasteiger partial charge in [0.05, 0.1) is 0 Å². The molecule has 1 aromatic carbocycles. The summed E-state index contributed by atoms with van der Waals surface area (Å²) in [5.74, 6) is -2.23. The molecule has 0 saturated heterocycles. The number of carbonyl (C=O) groups is 1. The van der Waals surface area contributed by atoms with Crippen molar-refractivity contribution in [1.29, 1.82) is 0 Å². The van der Waals surface area contributed by atoms with E-state index in [1.807, 2.05) is 5.92 Å². The van der Waals surface area contributed by atoms with Crippen molar-refractivity contribution in [3.05, 3.63) is 29.8 Å². The monoisotopic (exact) mass is 289 g/mol. The number of sulfonamides is 1. The summed E-state index contributed by atoms with van der Waals surface area (Å²) in [4.78, 5) is 9.52. The number of halogens is 2. The van der Waals surface area contributed by atoms with Crippen molar-refractivity contribution in [3.8, 4) is 12.3 Å². The molecule has 0 aliphatic rings. The van der Waals surface area contributed by atoms with Crippen LogP contribution in [-0.4, -0.2) is 25.5 Å². The molecule has 1 atom stereocenters. The first-order valence-corrected chi connectivity index (χ1v) is 6.40. The number of rotatable bonds is 5. The second-order valence-corrected chi connectivity index (χ2v) is 5.12. The zero-order valence-electron chi connectivity index (χ0n) is 9.43. The molecule has 1 unspecified atom stereocenters. The third-order valence-electron chi connectivity index (χ3n) is 2.11. The highest BCUT2D eigenvalue weighted by Gasteiger charge is 2.29. The Hall–Kier alpha value is -1.98. The average molecular weight is 289 g/mol. The summed E-state index contributed by atoms with van der Waals surface area (Å²) >= 11 is 0. The number of carboxylic acid groups (broad SMARTS) is 1. The van der Waals surface area contributed by atoms with Gasteiger partial charge in [0.25, 0.3) is 0 Å². The van der Waals surface area contributed by atoms with Crippen molar-refractivity contribution in [1.82, 2.24) is 4.72 Å². The molecule has 0 heterocycles. The van der Waals surface area contributed by atoms with Crippen molar-refractivity contribution in [2.75, 3.05) is 0 Å². The molecular formula is C11H9F2NO4S. The molecule has 19 heavy (non-hydrogen) atoms. The zero-order chi connectivity index (χ0) is 14.6. The summed E-state index contributed by atoms with van der Waals surface area (Å²) in [5.41, 5.74) is 0. The molecule has 0 saturated carbocycles. The van der Waals surface area contributed by atoms with E-state index in [0.29, 0.717) is 0 Å². The minimum absolute atomic E-state index is 0.454. The van der Waals surface area contributed by atoms with Crippen molar-refractivity contribution < 1.29 is 27.1 Å². The largest absolute Gasteiger partial charge is 0.480 e. The fourth-order valence-corrected chi connectivity index (χ4v) is 2.61. The van der Waals surface area contributed by atoms with E-state index in [2.05, 4.69) is 0 Å². The molecule has 5 nitrogen and oxygen atoms in total. The summed E-state index contributed by atoms with van der Waals surface area (Å²) in [6, 6.07) is 0.817. The Morgan fingerprint density at radius 3 is 2.37 bits per heavy atom. The van der Waals surface area contributed by atoms with Crippen LogP contribution in [0.25, 0.3) is 0 Å². The first kappa shape index (κ1) is 15.1. The highest BCUT2D eigenvalue weighted by atomic mass is 32.2. The lowest BCUT2D eigenvalue weighted by Crippen LogP contribution is -2.41. The van der Waals surface area contributed by atoms with E-state index in [-0.39, 0.29) is 0 Å². The highest BCUT2D eigenvalue weighted by molar-refractivity contribution is 7.89. The quantitative estimate of drug-likeness (QED) is 0.782. The van der Waals surface area contributed by atoms with Gasteiger partial charge in [-0.2, -0.15) is 4.72 Å². The molecule has 0 aliphatic heterocycles. The molecule has 0 amide bonds. The lowest BCUT2D eigenvalue weighted by atomic mass is 10.2. The van der Waals surface area contributed by atoms with Crippen LogP contribution in [0.3, 0.4) is 0 Å². The summed E-state index contributed by atoms with van der Waals surface area (Å²) in [5, 5.41) is 8.74. The number of benzene rings is 1. The number of terminal acetylenes is 1. The molecule has 0 aliphatic carbocycles. The van der Waals surface area contributed by atoms with Crippen molar-refractivity contribution in [2.45, 2.75) is 17.4 Å².